The molecular weight excluding hydrogens is 224 g/mol. The summed E-state index contributed by atoms with van der Waals surface area (Å²) in [6.45, 7) is 6.06. The van der Waals surface area contributed by atoms with Crippen molar-refractivity contribution in [2.24, 2.45) is 5.41 Å². The molecule has 1 N–H and O–H groups in total. The average Bonchev–Trinajstić information content (AvgIpc) is 2.43. The monoisotopic (exact) mass is 246 g/mol. The smallest absolute Gasteiger partial charge is 0.195 e. The van der Waals surface area contributed by atoms with E-state index >= 15 is 0 Å². The molecule has 1 aromatic carbocycles. The van der Waals surface area contributed by atoms with E-state index in [1.165, 1.54) is 0 Å². The zero-order chi connectivity index (χ0) is 13.4. The van der Waals surface area contributed by atoms with Gasteiger partial charge in [-0.1, -0.05) is 45.0 Å². The third kappa shape index (κ3) is 1.55. The van der Waals surface area contributed by atoms with Crippen molar-refractivity contribution in [3.05, 3.63) is 35.4 Å². The number of carbonyl (C=O) groups excluding carboxylic acids is 1. The molecule has 0 heterocycles. The van der Waals surface area contributed by atoms with Crippen LogP contribution in [0.3, 0.4) is 0 Å². The molecule has 1 aliphatic rings. The molecule has 1 aliphatic carbocycles. The molecule has 1 aromatic rings. The summed E-state index contributed by atoms with van der Waals surface area (Å²) < 4.78 is 0. The van der Waals surface area contributed by atoms with Gasteiger partial charge in [0.25, 0.3) is 0 Å². The lowest BCUT2D eigenvalue weighted by molar-refractivity contribution is -0.0691. The van der Waals surface area contributed by atoms with E-state index in [0.717, 1.165) is 24.8 Å². The van der Waals surface area contributed by atoms with Crippen LogP contribution in [0.5, 0.6) is 0 Å². The fourth-order valence-electron chi connectivity index (χ4n) is 3.49. The highest BCUT2D eigenvalue weighted by Gasteiger charge is 2.55. The Bertz CT molecular complexity index is 460. The Kier molecular flexibility index (Phi) is 3.33. The lowest BCUT2D eigenvalue weighted by Crippen LogP contribution is -2.57. The summed E-state index contributed by atoms with van der Waals surface area (Å²) in [5.74, 6) is -0.0875. The van der Waals surface area contributed by atoms with Gasteiger partial charge in [0, 0.05) is 11.0 Å². The van der Waals surface area contributed by atoms with Crippen LogP contribution in [-0.2, 0) is 6.42 Å². The zero-order valence-corrected chi connectivity index (χ0v) is 11.5. The number of Topliss-reactive ketones (excluding diaryl/α,β-unsaturated/α-hetero) is 1. The summed E-state index contributed by atoms with van der Waals surface area (Å²) in [4.78, 5) is 12.7. The molecule has 1 unspecified atom stereocenters. The van der Waals surface area contributed by atoms with Crippen LogP contribution in [0.25, 0.3) is 0 Å². The van der Waals surface area contributed by atoms with Crippen molar-refractivity contribution in [1.29, 1.82) is 0 Å². The van der Waals surface area contributed by atoms with E-state index in [2.05, 4.69) is 13.8 Å². The number of rotatable bonds is 3. The lowest BCUT2D eigenvalue weighted by atomic mass is 9.57. The molecule has 2 rings (SSSR count). The van der Waals surface area contributed by atoms with Crippen LogP contribution in [0, 0.1) is 5.41 Å². The number of benzene rings is 1. The highest BCUT2D eigenvalue weighted by molar-refractivity contribution is 6.05. The first-order valence-corrected chi connectivity index (χ1v) is 6.89. The van der Waals surface area contributed by atoms with E-state index in [1.54, 1.807) is 0 Å². The maximum atomic E-state index is 12.7. The molecule has 0 bridgehead atoms. The van der Waals surface area contributed by atoms with E-state index in [1.807, 2.05) is 31.2 Å². The molecule has 0 saturated carbocycles. The standard InChI is InChI=1S/C16H22O2/c1-4-15(5-2)11-12-9-7-8-10-13(12)14(17)16(15,18)6-3/h7-10,18H,4-6,11H2,1-3H3. The lowest BCUT2D eigenvalue weighted by Gasteiger charge is -2.49. The molecule has 18 heavy (non-hydrogen) atoms. The summed E-state index contributed by atoms with van der Waals surface area (Å²) in [5.41, 5.74) is 0.279. The average molecular weight is 246 g/mol. The van der Waals surface area contributed by atoms with Gasteiger partial charge in [-0.05, 0) is 31.2 Å². The van der Waals surface area contributed by atoms with Gasteiger partial charge in [0.15, 0.2) is 5.78 Å². The van der Waals surface area contributed by atoms with Crippen LogP contribution < -0.4 is 0 Å². The number of hydrogen-bond donors (Lipinski definition) is 1. The molecule has 98 valence electrons. The third-order valence-corrected chi connectivity index (χ3v) is 4.91. The Morgan fingerprint density at radius 3 is 2.28 bits per heavy atom. The Balaban J connectivity index is 2.63. The summed E-state index contributed by atoms with van der Waals surface area (Å²) in [5, 5.41) is 11.0. The van der Waals surface area contributed by atoms with Gasteiger partial charge in [-0.3, -0.25) is 4.79 Å². The molecular formula is C16H22O2. The quantitative estimate of drug-likeness (QED) is 0.887. The molecule has 0 radical (unpaired) electrons. The maximum absolute atomic E-state index is 12.7. The number of ketones is 1. The van der Waals surface area contributed by atoms with Crippen LogP contribution in [0.4, 0.5) is 0 Å². The first-order chi connectivity index (χ1) is 8.54. The Hall–Kier alpha value is -1.15. The van der Waals surface area contributed by atoms with Gasteiger partial charge in [0.2, 0.25) is 0 Å². The molecule has 0 fully saturated rings. The third-order valence-electron chi connectivity index (χ3n) is 4.91. The van der Waals surface area contributed by atoms with Crippen LogP contribution in [0.1, 0.15) is 56.0 Å². The van der Waals surface area contributed by atoms with Crippen LogP contribution in [-0.4, -0.2) is 16.5 Å². The predicted molar refractivity (Wildman–Crippen MR) is 72.7 cm³/mol. The van der Waals surface area contributed by atoms with Crippen LogP contribution in [0.15, 0.2) is 24.3 Å². The molecule has 2 nitrogen and oxygen atoms in total. The second-order valence-corrected chi connectivity index (χ2v) is 5.36. The first kappa shape index (κ1) is 13.3. The Morgan fingerprint density at radius 1 is 1.11 bits per heavy atom. The molecule has 0 aromatic heterocycles. The first-order valence-electron chi connectivity index (χ1n) is 6.89. The SMILES string of the molecule is CCC1(CC)Cc2ccccc2C(=O)C1(O)CC. The van der Waals surface area contributed by atoms with Gasteiger partial charge >= 0.3 is 0 Å². The summed E-state index contributed by atoms with van der Waals surface area (Å²) in [6, 6.07) is 7.70. The van der Waals surface area contributed by atoms with Crippen LogP contribution >= 0.6 is 0 Å². The van der Waals surface area contributed by atoms with Crippen molar-refractivity contribution in [2.75, 3.05) is 0 Å². The second-order valence-electron chi connectivity index (χ2n) is 5.36. The van der Waals surface area contributed by atoms with Gasteiger partial charge in [0.1, 0.15) is 5.60 Å². The van der Waals surface area contributed by atoms with Gasteiger partial charge < -0.3 is 5.11 Å². The van der Waals surface area contributed by atoms with Crippen molar-refractivity contribution >= 4 is 5.78 Å². The largest absolute Gasteiger partial charge is 0.381 e. The highest BCUT2D eigenvalue weighted by atomic mass is 16.3. The molecule has 0 amide bonds. The second kappa shape index (κ2) is 4.51. The Labute approximate surface area is 109 Å². The minimum absolute atomic E-state index is 0.0875. The topological polar surface area (TPSA) is 37.3 Å². The molecule has 2 heteroatoms. The molecule has 0 aliphatic heterocycles. The number of hydrogen-bond acceptors (Lipinski definition) is 2. The number of aliphatic hydroxyl groups is 1. The summed E-state index contributed by atoms with van der Waals surface area (Å²) in [6.07, 6.45) is 2.94. The van der Waals surface area contributed by atoms with Crippen molar-refractivity contribution < 1.29 is 9.90 Å². The van der Waals surface area contributed by atoms with E-state index in [9.17, 15) is 9.90 Å². The van der Waals surface area contributed by atoms with Crippen molar-refractivity contribution in [1.82, 2.24) is 0 Å². The minimum Gasteiger partial charge on any atom is -0.381 e. The minimum atomic E-state index is -1.20. The number of fused-ring (bicyclic) bond motifs is 1. The molecule has 0 saturated heterocycles. The zero-order valence-electron chi connectivity index (χ0n) is 11.5. The van der Waals surface area contributed by atoms with Gasteiger partial charge in [-0.25, -0.2) is 0 Å². The highest BCUT2D eigenvalue weighted by Crippen LogP contribution is 2.49. The van der Waals surface area contributed by atoms with E-state index in [4.69, 9.17) is 0 Å². The van der Waals surface area contributed by atoms with Gasteiger partial charge in [0.05, 0.1) is 0 Å². The normalized spacial score (nSPS) is 25.9. The molecule has 0 spiro atoms. The fourth-order valence-corrected chi connectivity index (χ4v) is 3.49. The summed E-state index contributed by atoms with van der Waals surface area (Å²) in [7, 11) is 0. The van der Waals surface area contributed by atoms with Gasteiger partial charge in [-0.15, -0.1) is 0 Å². The Morgan fingerprint density at radius 2 is 1.72 bits per heavy atom. The number of carbonyl (C=O) groups is 1. The van der Waals surface area contributed by atoms with Gasteiger partial charge in [-0.2, -0.15) is 0 Å². The van der Waals surface area contributed by atoms with Crippen molar-refractivity contribution in [3.63, 3.8) is 0 Å². The van der Waals surface area contributed by atoms with E-state index < -0.39 is 5.60 Å². The summed E-state index contributed by atoms with van der Waals surface area (Å²) >= 11 is 0. The molecule has 1 atom stereocenters. The van der Waals surface area contributed by atoms with E-state index in [0.29, 0.717) is 12.0 Å². The van der Waals surface area contributed by atoms with Crippen LogP contribution in [0.2, 0.25) is 0 Å². The predicted octanol–water partition coefficient (Wildman–Crippen LogP) is 3.37. The fraction of sp³-hybridized carbons (Fsp3) is 0.562. The van der Waals surface area contributed by atoms with Crippen molar-refractivity contribution in [3.8, 4) is 0 Å². The van der Waals surface area contributed by atoms with E-state index in [-0.39, 0.29) is 11.2 Å². The van der Waals surface area contributed by atoms with Crippen molar-refractivity contribution in [2.45, 2.75) is 52.1 Å². The maximum Gasteiger partial charge on any atom is 0.195 e.